The molecule has 1 N–H and O–H groups in total. The molecule has 10 heteroatoms. The number of halogens is 1. The molecule has 0 unspecified atom stereocenters. The Kier molecular flexibility index (Phi) is 9.17. The van der Waals surface area contributed by atoms with Crippen LogP contribution in [0.4, 0.5) is 10.5 Å². The number of hydrogen-bond acceptors (Lipinski definition) is 7. The molecule has 0 aliphatic rings. The van der Waals surface area contributed by atoms with E-state index in [4.69, 9.17) is 25.8 Å². The number of rotatable bonds is 10. The number of aryl methyl sites for hydroxylation is 1. The van der Waals surface area contributed by atoms with Crippen molar-refractivity contribution in [2.45, 2.75) is 26.8 Å². The number of pyridine rings is 2. The third kappa shape index (κ3) is 6.56. The quantitative estimate of drug-likeness (QED) is 0.193. The van der Waals surface area contributed by atoms with Gasteiger partial charge < -0.3 is 14.2 Å². The Morgan fingerprint density at radius 3 is 2.59 bits per heavy atom. The van der Waals surface area contributed by atoms with Crippen molar-refractivity contribution in [2.75, 3.05) is 25.1 Å². The lowest BCUT2D eigenvalue weighted by Gasteiger charge is -2.17. The van der Waals surface area contributed by atoms with E-state index in [1.165, 1.54) is 4.57 Å². The van der Waals surface area contributed by atoms with Gasteiger partial charge in [-0.3, -0.25) is 14.7 Å². The van der Waals surface area contributed by atoms with Crippen LogP contribution in [0.5, 0.6) is 5.75 Å². The number of carbonyl (C=O) groups is 2. The van der Waals surface area contributed by atoms with Crippen LogP contribution in [0.2, 0.25) is 5.02 Å². The molecular formula is C29H28ClN3O6. The second-order valence-electron chi connectivity index (χ2n) is 8.40. The second kappa shape index (κ2) is 12.9. The first-order chi connectivity index (χ1) is 18.9. The second-order valence-corrected chi connectivity index (χ2v) is 8.83. The summed E-state index contributed by atoms with van der Waals surface area (Å²) in [6.45, 7) is 4.52. The summed E-state index contributed by atoms with van der Waals surface area (Å²) >= 11 is 5.93. The topological polar surface area (TPSA) is 109 Å². The first kappa shape index (κ1) is 27.7. The molecule has 4 rings (SSSR count). The minimum atomic E-state index is -0.721. The van der Waals surface area contributed by atoms with Gasteiger partial charge in [-0.05, 0) is 61.9 Å². The SMILES string of the molecule is CCOC(=O)Nc1c(-c2cccc(OCCCOC(=O)c3cccc(Cl)c3)c2)c2cccnc2n(CC)c1=O. The van der Waals surface area contributed by atoms with Crippen molar-refractivity contribution in [3.05, 3.63) is 87.8 Å². The largest absolute Gasteiger partial charge is 0.493 e. The zero-order valence-corrected chi connectivity index (χ0v) is 22.4. The van der Waals surface area contributed by atoms with Crippen LogP contribution in [0.1, 0.15) is 30.6 Å². The van der Waals surface area contributed by atoms with Gasteiger partial charge in [0.25, 0.3) is 5.56 Å². The van der Waals surface area contributed by atoms with Gasteiger partial charge in [-0.25, -0.2) is 14.6 Å². The van der Waals surface area contributed by atoms with Gasteiger partial charge in [0.1, 0.15) is 17.1 Å². The molecule has 2 aromatic carbocycles. The Balaban J connectivity index is 1.55. The van der Waals surface area contributed by atoms with Gasteiger partial charge in [-0.15, -0.1) is 0 Å². The van der Waals surface area contributed by atoms with Crippen LogP contribution in [-0.4, -0.2) is 41.4 Å². The Morgan fingerprint density at radius 1 is 1.00 bits per heavy atom. The molecular weight excluding hydrogens is 522 g/mol. The molecule has 2 heterocycles. The summed E-state index contributed by atoms with van der Waals surface area (Å²) in [6.07, 6.45) is 1.36. The van der Waals surface area contributed by atoms with E-state index in [0.717, 1.165) is 0 Å². The van der Waals surface area contributed by atoms with Gasteiger partial charge in [0.2, 0.25) is 0 Å². The van der Waals surface area contributed by atoms with E-state index in [-0.39, 0.29) is 24.5 Å². The number of anilines is 1. The van der Waals surface area contributed by atoms with Gasteiger partial charge in [0.05, 0.1) is 25.4 Å². The number of aromatic nitrogens is 2. The predicted octanol–water partition coefficient (Wildman–Crippen LogP) is 5.93. The monoisotopic (exact) mass is 549 g/mol. The molecule has 0 atom stereocenters. The average molecular weight is 550 g/mol. The highest BCUT2D eigenvalue weighted by Gasteiger charge is 2.21. The fourth-order valence-electron chi connectivity index (χ4n) is 4.11. The fraction of sp³-hybridized carbons (Fsp3) is 0.241. The normalized spacial score (nSPS) is 10.7. The predicted molar refractivity (Wildman–Crippen MR) is 150 cm³/mol. The van der Waals surface area contributed by atoms with Gasteiger partial charge in [0.15, 0.2) is 0 Å². The van der Waals surface area contributed by atoms with Crippen LogP contribution < -0.4 is 15.6 Å². The van der Waals surface area contributed by atoms with Crippen molar-refractivity contribution in [1.29, 1.82) is 0 Å². The van der Waals surface area contributed by atoms with Crippen molar-refractivity contribution < 1.29 is 23.8 Å². The molecule has 0 aliphatic heterocycles. The fourth-order valence-corrected chi connectivity index (χ4v) is 4.30. The first-order valence-corrected chi connectivity index (χ1v) is 12.9. The molecule has 0 radical (unpaired) electrons. The first-order valence-electron chi connectivity index (χ1n) is 12.5. The molecule has 0 saturated heterocycles. The maximum absolute atomic E-state index is 13.4. The molecule has 0 spiro atoms. The van der Waals surface area contributed by atoms with Crippen molar-refractivity contribution in [3.63, 3.8) is 0 Å². The zero-order valence-electron chi connectivity index (χ0n) is 21.6. The highest BCUT2D eigenvalue weighted by molar-refractivity contribution is 6.30. The van der Waals surface area contributed by atoms with E-state index in [9.17, 15) is 14.4 Å². The molecule has 1 amide bonds. The Morgan fingerprint density at radius 2 is 1.82 bits per heavy atom. The molecule has 39 heavy (non-hydrogen) atoms. The highest BCUT2D eigenvalue weighted by atomic mass is 35.5. The molecule has 0 bridgehead atoms. The number of fused-ring (bicyclic) bond motifs is 1. The van der Waals surface area contributed by atoms with E-state index in [1.807, 2.05) is 19.1 Å². The van der Waals surface area contributed by atoms with E-state index in [1.54, 1.807) is 61.7 Å². The zero-order chi connectivity index (χ0) is 27.8. The molecule has 0 aliphatic carbocycles. The van der Waals surface area contributed by atoms with Crippen LogP contribution in [0.15, 0.2) is 71.7 Å². The minimum absolute atomic E-state index is 0.0980. The maximum atomic E-state index is 13.4. The van der Waals surface area contributed by atoms with Crippen LogP contribution in [0, 0.1) is 0 Å². The van der Waals surface area contributed by atoms with Gasteiger partial charge in [-0.2, -0.15) is 0 Å². The van der Waals surface area contributed by atoms with Gasteiger partial charge in [0, 0.05) is 35.1 Å². The number of esters is 1. The number of amides is 1. The third-order valence-electron chi connectivity index (χ3n) is 5.81. The van der Waals surface area contributed by atoms with Crippen LogP contribution in [0.25, 0.3) is 22.2 Å². The van der Waals surface area contributed by atoms with E-state index < -0.39 is 12.1 Å². The number of carbonyl (C=O) groups excluding carboxylic acids is 2. The number of hydrogen-bond donors (Lipinski definition) is 1. The average Bonchev–Trinajstić information content (AvgIpc) is 2.93. The molecule has 0 fully saturated rings. The Hall–Kier alpha value is -4.37. The van der Waals surface area contributed by atoms with Gasteiger partial charge in [-0.1, -0.05) is 29.8 Å². The lowest BCUT2D eigenvalue weighted by molar-refractivity contribution is 0.0486. The van der Waals surface area contributed by atoms with E-state index in [2.05, 4.69) is 10.3 Å². The Labute approximate surface area is 230 Å². The highest BCUT2D eigenvalue weighted by Crippen LogP contribution is 2.34. The smallest absolute Gasteiger partial charge is 0.411 e. The molecule has 9 nitrogen and oxygen atoms in total. The summed E-state index contributed by atoms with van der Waals surface area (Å²) in [5.41, 5.74) is 1.77. The molecule has 0 saturated carbocycles. The standard InChI is InChI=1S/C29H28ClN3O6/c1-3-33-26-23(13-7-14-31-26)24(25(27(33)34)32-29(36)37-4-2)19-9-6-12-22(18-19)38-15-8-16-39-28(35)20-10-5-11-21(30)17-20/h5-7,9-14,17-18H,3-4,8,15-16H2,1-2H3,(H,32,36). The van der Waals surface area contributed by atoms with Crippen LogP contribution in [0.3, 0.4) is 0 Å². The number of benzene rings is 2. The summed E-state index contributed by atoms with van der Waals surface area (Å²) < 4.78 is 17.7. The van der Waals surface area contributed by atoms with Crippen molar-refractivity contribution >= 4 is 40.4 Å². The third-order valence-corrected chi connectivity index (χ3v) is 6.05. The summed E-state index contributed by atoms with van der Waals surface area (Å²) in [6, 6.07) is 17.4. The van der Waals surface area contributed by atoms with Crippen molar-refractivity contribution in [3.8, 4) is 16.9 Å². The molecule has 4 aromatic rings. The van der Waals surface area contributed by atoms with Crippen LogP contribution in [-0.2, 0) is 16.0 Å². The van der Waals surface area contributed by atoms with Gasteiger partial charge >= 0.3 is 12.1 Å². The summed E-state index contributed by atoms with van der Waals surface area (Å²) in [7, 11) is 0. The Bertz CT molecular complexity index is 1550. The van der Waals surface area contributed by atoms with E-state index in [0.29, 0.717) is 58.1 Å². The molecule has 202 valence electrons. The maximum Gasteiger partial charge on any atom is 0.411 e. The summed E-state index contributed by atoms with van der Waals surface area (Å²) in [4.78, 5) is 42.4. The lowest BCUT2D eigenvalue weighted by atomic mass is 10.00. The minimum Gasteiger partial charge on any atom is -0.493 e. The van der Waals surface area contributed by atoms with Crippen molar-refractivity contribution in [1.82, 2.24) is 9.55 Å². The number of ether oxygens (including phenoxy) is 3. The summed E-state index contributed by atoms with van der Waals surface area (Å²) in [5.74, 6) is 0.0934. The molecule has 2 aromatic heterocycles. The van der Waals surface area contributed by atoms with E-state index >= 15 is 0 Å². The van der Waals surface area contributed by atoms with Crippen LogP contribution >= 0.6 is 11.6 Å². The lowest BCUT2D eigenvalue weighted by Crippen LogP contribution is -2.27. The van der Waals surface area contributed by atoms with Crippen molar-refractivity contribution in [2.24, 2.45) is 0 Å². The number of nitrogens with one attached hydrogen (secondary N) is 1. The summed E-state index contributed by atoms with van der Waals surface area (Å²) in [5, 5.41) is 3.78. The number of nitrogens with zero attached hydrogens (tertiary/aromatic N) is 2.